The molecule has 0 spiro atoms. The van der Waals surface area contributed by atoms with Crippen molar-refractivity contribution in [3.05, 3.63) is 34.7 Å². The predicted octanol–water partition coefficient (Wildman–Crippen LogP) is 2.07. The van der Waals surface area contributed by atoms with Gasteiger partial charge in [0.1, 0.15) is 16.1 Å². The van der Waals surface area contributed by atoms with Gasteiger partial charge in [-0.3, -0.25) is 9.69 Å². The highest BCUT2D eigenvalue weighted by Crippen LogP contribution is 2.34. The largest absolute Gasteiger partial charge is 0.508 e. The highest BCUT2D eigenvalue weighted by molar-refractivity contribution is 8.26. The first kappa shape index (κ1) is 14.5. The van der Waals surface area contributed by atoms with Crippen LogP contribution in [0.1, 0.15) is 12.5 Å². The summed E-state index contributed by atoms with van der Waals surface area (Å²) < 4.78 is 0.231. The van der Waals surface area contributed by atoms with Crippen LogP contribution in [0, 0.1) is 0 Å². The average Bonchev–Trinajstić information content (AvgIpc) is 2.66. The number of phenols is 1. The number of amides is 1. The van der Waals surface area contributed by atoms with E-state index >= 15 is 0 Å². The Bertz CT molecular complexity index is 609. The lowest BCUT2D eigenvalue weighted by molar-refractivity contribution is -0.144. The van der Waals surface area contributed by atoms with Crippen LogP contribution in [0.4, 0.5) is 0 Å². The molecule has 1 amide bonds. The Labute approximate surface area is 124 Å². The fourth-order valence-electron chi connectivity index (χ4n) is 1.65. The first-order valence-electron chi connectivity index (χ1n) is 5.69. The predicted molar refractivity (Wildman–Crippen MR) is 80.2 cm³/mol. The van der Waals surface area contributed by atoms with Crippen LogP contribution in [0.2, 0.25) is 0 Å². The van der Waals surface area contributed by atoms with Gasteiger partial charge in [-0.25, -0.2) is 4.79 Å². The van der Waals surface area contributed by atoms with E-state index in [1.165, 1.54) is 19.1 Å². The van der Waals surface area contributed by atoms with Gasteiger partial charge in [0.2, 0.25) is 0 Å². The maximum absolute atomic E-state index is 12.2. The number of thioether (sulfide) groups is 1. The Hall–Kier alpha value is -1.86. The monoisotopic (exact) mass is 309 g/mol. The van der Waals surface area contributed by atoms with Crippen LogP contribution < -0.4 is 0 Å². The van der Waals surface area contributed by atoms with Gasteiger partial charge in [0.15, 0.2) is 0 Å². The van der Waals surface area contributed by atoms with Crippen molar-refractivity contribution in [1.29, 1.82) is 0 Å². The Balaban J connectivity index is 2.28. The van der Waals surface area contributed by atoms with Gasteiger partial charge in [-0.15, -0.1) is 0 Å². The van der Waals surface area contributed by atoms with Gasteiger partial charge in [0, 0.05) is 0 Å². The number of hydrogen-bond donors (Lipinski definition) is 2. The first-order chi connectivity index (χ1) is 9.40. The summed E-state index contributed by atoms with van der Waals surface area (Å²) >= 11 is 6.12. The summed E-state index contributed by atoms with van der Waals surface area (Å²) in [5.41, 5.74) is 0.728. The minimum absolute atomic E-state index is 0.134. The lowest BCUT2D eigenvalue weighted by Crippen LogP contribution is -2.41. The van der Waals surface area contributed by atoms with E-state index in [2.05, 4.69) is 0 Å². The third kappa shape index (κ3) is 2.83. The number of benzene rings is 1. The van der Waals surface area contributed by atoms with Gasteiger partial charge in [-0.05, 0) is 30.7 Å². The number of nitrogens with zero attached hydrogens (tertiary/aromatic N) is 1. The number of thiocarbonyl (C=S) groups is 1. The highest BCUT2D eigenvalue weighted by atomic mass is 32.2. The van der Waals surface area contributed by atoms with E-state index in [0.717, 1.165) is 22.2 Å². The smallest absolute Gasteiger partial charge is 0.326 e. The standard InChI is InChI=1S/C13H11NO4S2/c1-7(12(17)18)14-11(16)10(20-13(14)19)6-8-2-4-9(15)5-3-8/h2-7,15H,1H3,(H,17,18)/b10-6-. The van der Waals surface area contributed by atoms with Crippen molar-refractivity contribution >= 4 is 46.3 Å². The van der Waals surface area contributed by atoms with Crippen molar-refractivity contribution in [3.8, 4) is 5.75 Å². The van der Waals surface area contributed by atoms with Crippen LogP contribution in [0.5, 0.6) is 5.75 Å². The molecular weight excluding hydrogens is 298 g/mol. The molecule has 1 atom stereocenters. The molecule has 20 heavy (non-hydrogen) atoms. The summed E-state index contributed by atoms with van der Waals surface area (Å²) in [4.78, 5) is 24.6. The molecule has 0 saturated carbocycles. The number of phenolic OH excluding ortho intramolecular Hbond substituents is 1. The molecule has 1 aliphatic rings. The van der Waals surface area contributed by atoms with Crippen molar-refractivity contribution in [2.24, 2.45) is 0 Å². The molecule has 7 heteroatoms. The third-order valence-corrected chi connectivity index (χ3v) is 4.09. The Kier molecular flexibility index (Phi) is 4.10. The van der Waals surface area contributed by atoms with Gasteiger partial charge in [-0.1, -0.05) is 36.1 Å². The van der Waals surface area contributed by atoms with Gasteiger partial charge in [0.25, 0.3) is 5.91 Å². The Morgan fingerprint density at radius 1 is 1.40 bits per heavy atom. The first-order valence-corrected chi connectivity index (χ1v) is 6.91. The molecule has 1 saturated heterocycles. The fourth-order valence-corrected chi connectivity index (χ4v) is 3.06. The Morgan fingerprint density at radius 3 is 2.55 bits per heavy atom. The minimum atomic E-state index is -1.10. The molecule has 5 nitrogen and oxygen atoms in total. The van der Waals surface area contributed by atoms with Crippen molar-refractivity contribution in [1.82, 2.24) is 4.90 Å². The van der Waals surface area contributed by atoms with Crippen molar-refractivity contribution < 1.29 is 19.8 Å². The van der Waals surface area contributed by atoms with Crippen LogP contribution in [0.15, 0.2) is 29.2 Å². The lowest BCUT2D eigenvalue weighted by Gasteiger charge is -2.18. The number of carboxylic acids is 1. The van der Waals surface area contributed by atoms with Gasteiger partial charge in [-0.2, -0.15) is 0 Å². The number of hydrogen-bond acceptors (Lipinski definition) is 5. The summed E-state index contributed by atoms with van der Waals surface area (Å²) in [7, 11) is 0. The summed E-state index contributed by atoms with van der Waals surface area (Å²) in [5.74, 6) is -1.38. The maximum Gasteiger partial charge on any atom is 0.326 e. The lowest BCUT2D eigenvalue weighted by atomic mass is 10.2. The normalized spacial score (nSPS) is 18.6. The molecular formula is C13H11NO4S2. The third-order valence-electron chi connectivity index (χ3n) is 2.76. The molecule has 1 aromatic carbocycles. The van der Waals surface area contributed by atoms with Crippen LogP contribution in [-0.4, -0.2) is 37.4 Å². The number of carbonyl (C=O) groups excluding carboxylic acids is 1. The quantitative estimate of drug-likeness (QED) is 0.657. The zero-order valence-corrected chi connectivity index (χ0v) is 12.1. The van der Waals surface area contributed by atoms with Crippen LogP contribution in [0.3, 0.4) is 0 Å². The molecule has 2 N–H and O–H groups in total. The molecule has 1 unspecified atom stereocenters. The van der Waals surface area contributed by atoms with E-state index in [1.807, 2.05) is 0 Å². The number of carbonyl (C=O) groups is 2. The molecule has 0 aromatic heterocycles. The molecule has 0 bridgehead atoms. The summed E-state index contributed by atoms with van der Waals surface area (Å²) in [6.07, 6.45) is 1.62. The zero-order chi connectivity index (χ0) is 14.9. The number of rotatable bonds is 3. The summed E-state index contributed by atoms with van der Waals surface area (Å²) in [6, 6.07) is 5.33. The molecule has 1 fully saturated rings. The molecule has 1 aliphatic heterocycles. The van der Waals surface area contributed by atoms with E-state index in [9.17, 15) is 14.7 Å². The number of aliphatic carboxylic acids is 1. The van der Waals surface area contributed by atoms with Gasteiger partial charge >= 0.3 is 5.97 Å². The topological polar surface area (TPSA) is 77.8 Å². The van der Waals surface area contributed by atoms with Gasteiger partial charge in [0.05, 0.1) is 4.91 Å². The van der Waals surface area contributed by atoms with Crippen LogP contribution in [-0.2, 0) is 9.59 Å². The summed E-state index contributed by atoms with van der Waals surface area (Å²) in [6.45, 7) is 1.41. The average molecular weight is 309 g/mol. The van der Waals surface area contributed by atoms with Crippen LogP contribution >= 0.6 is 24.0 Å². The maximum atomic E-state index is 12.2. The van der Waals surface area contributed by atoms with E-state index in [-0.39, 0.29) is 10.1 Å². The van der Waals surface area contributed by atoms with E-state index in [4.69, 9.17) is 17.3 Å². The second-order valence-corrected chi connectivity index (χ2v) is 5.83. The van der Waals surface area contributed by atoms with Crippen molar-refractivity contribution in [3.63, 3.8) is 0 Å². The minimum Gasteiger partial charge on any atom is -0.508 e. The molecule has 0 aliphatic carbocycles. The van der Waals surface area contributed by atoms with E-state index in [0.29, 0.717) is 4.91 Å². The second-order valence-electron chi connectivity index (χ2n) is 4.16. The van der Waals surface area contributed by atoms with E-state index in [1.54, 1.807) is 18.2 Å². The number of aromatic hydroxyl groups is 1. The molecule has 1 heterocycles. The van der Waals surface area contributed by atoms with E-state index < -0.39 is 17.9 Å². The van der Waals surface area contributed by atoms with Gasteiger partial charge < -0.3 is 10.2 Å². The highest BCUT2D eigenvalue weighted by Gasteiger charge is 2.38. The SMILES string of the molecule is CC(C(=O)O)N1C(=O)/C(=C/c2ccc(O)cc2)SC1=S. The van der Waals surface area contributed by atoms with Crippen molar-refractivity contribution in [2.75, 3.05) is 0 Å². The van der Waals surface area contributed by atoms with Crippen LogP contribution in [0.25, 0.3) is 6.08 Å². The molecule has 1 aromatic rings. The summed E-state index contributed by atoms with van der Waals surface area (Å²) in [5, 5.41) is 18.2. The van der Waals surface area contributed by atoms with Crippen molar-refractivity contribution in [2.45, 2.75) is 13.0 Å². The molecule has 104 valence electrons. The fraction of sp³-hybridized carbons (Fsp3) is 0.154. The Morgan fingerprint density at radius 2 is 2.00 bits per heavy atom. The number of carboxylic acid groups (broad SMARTS) is 1. The second kappa shape index (κ2) is 5.64. The molecule has 2 rings (SSSR count). The molecule has 0 radical (unpaired) electrons. The zero-order valence-electron chi connectivity index (χ0n) is 10.4.